The van der Waals surface area contributed by atoms with Gasteiger partial charge in [0.05, 0.1) is 0 Å². The van der Waals surface area contributed by atoms with Crippen LogP contribution >= 0.6 is 32.4 Å². The summed E-state index contributed by atoms with van der Waals surface area (Å²) in [6, 6.07) is 0. The summed E-state index contributed by atoms with van der Waals surface area (Å²) in [5.41, 5.74) is 0. The van der Waals surface area contributed by atoms with Gasteiger partial charge < -0.3 is 9.79 Å². The van der Waals surface area contributed by atoms with Crippen LogP contribution in [0.15, 0.2) is 0 Å². The number of hydrogen-bond donors (Lipinski definition) is 3. The highest BCUT2D eigenvalue weighted by Gasteiger charge is 2.10. The Morgan fingerprint density at radius 1 is 0.552 bits per heavy atom. The Kier molecular flexibility index (Phi) is 22.3. The first-order valence-corrected chi connectivity index (χ1v) is 14.8. The van der Waals surface area contributed by atoms with E-state index in [0.29, 0.717) is 6.42 Å². The Morgan fingerprint density at radius 2 is 0.793 bits per heavy atom. The van der Waals surface area contributed by atoms with E-state index in [0.717, 1.165) is 23.5 Å². The highest BCUT2D eigenvalue weighted by atomic mass is 32.1. The smallest absolute Gasteiger partial charge is 0.324 e. The van der Waals surface area contributed by atoms with Crippen molar-refractivity contribution in [1.29, 1.82) is 0 Å². The second-order valence-electron chi connectivity index (χ2n) is 8.60. The van der Waals surface area contributed by atoms with Crippen molar-refractivity contribution in [2.75, 3.05) is 6.16 Å². The number of unbranched alkanes of at least 4 members (excludes halogenated alkanes) is 19. The van der Waals surface area contributed by atoms with E-state index >= 15 is 0 Å². The lowest BCUT2D eigenvalue weighted by Crippen LogP contribution is -1.88. The van der Waals surface area contributed by atoms with E-state index in [4.69, 9.17) is 22.0 Å². The summed E-state index contributed by atoms with van der Waals surface area (Å²) in [5, 5.41) is 0. The molecular formula is C23H47O3PS2. The fourth-order valence-electron chi connectivity index (χ4n) is 3.78. The van der Waals surface area contributed by atoms with Crippen molar-refractivity contribution in [3.05, 3.63) is 0 Å². The predicted octanol–water partition coefficient (Wildman–Crippen LogP) is 8.61. The summed E-state index contributed by atoms with van der Waals surface area (Å²) in [6.07, 6.45) is 26.8. The predicted molar refractivity (Wildman–Crippen MR) is 135 cm³/mol. The molecule has 0 spiro atoms. The second kappa shape index (κ2) is 21.8. The molecule has 0 bridgehead atoms. The molecule has 6 heteroatoms. The molecule has 0 aromatic rings. The van der Waals surface area contributed by atoms with Crippen molar-refractivity contribution in [1.82, 2.24) is 0 Å². The van der Waals surface area contributed by atoms with Crippen molar-refractivity contribution >= 4 is 36.6 Å². The highest BCUT2D eigenvalue weighted by Crippen LogP contribution is 2.35. The molecule has 29 heavy (non-hydrogen) atoms. The minimum atomic E-state index is -3.77. The van der Waals surface area contributed by atoms with Crippen LogP contribution in [0.1, 0.15) is 135 Å². The zero-order valence-corrected chi connectivity index (χ0v) is 21.3. The summed E-state index contributed by atoms with van der Waals surface area (Å²) in [7, 11) is -3.77. The summed E-state index contributed by atoms with van der Waals surface area (Å²) >= 11 is 9.14. The standard InChI is InChI=1S/C23H47O3PS2/c24-27(25,26)22-20-18-16-14-12-10-8-6-4-2-1-3-5-7-9-11-13-15-17-19-21-23(28)29/h1-22H2,(H,28,29)(H2,24,25,26). The van der Waals surface area contributed by atoms with Crippen LogP contribution in [0.2, 0.25) is 0 Å². The van der Waals surface area contributed by atoms with Crippen LogP contribution in [0, 0.1) is 0 Å². The Morgan fingerprint density at radius 3 is 1.03 bits per heavy atom. The maximum Gasteiger partial charge on any atom is 0.325 e. The molecular weight excluding hydrogens is 419 g/mol. The molecule has 0 heterocycles. The normalized spacial score (nSPS) is 11.8. The van der Waals surface area contributed by atoms with Crippen molar-refractivity contribution in [2.24, 2.45) is 0 Å². The number of hydrogen-bond acceptors (Lipinski definition) is 2. The van der Waals surface area contributed by atoms with Crippen LogP contribution in [0.4, 0.5) is 0 Å². The van der Waals surface area contributed by atoms with Crippen molar-refractivity contribution in [2.45, 2.75) is 135 Å². The molecule has 0 saturated carbocycles. The average molecular weight is 467 g/mol. The SMILES string of the molecule is O=P(O)(O)CCCCCCCCCCCCCCCCCCCCCCC(=S)S. The lowest BCUT2D eigenvalue weighted by molar-refractivity contribution is 0.370. The summed E-state index contributed by atoms with van der Waals surface area (Å²) in [6.45, 7) is 0. The monoisotopic (exact) mass is 466 g/mol. The minimum absolute atomic E-state index is 0.0554. The third kappa shape index (κ3) is 28.6. The molecule has 174 valence electrons. The Hall–Kier alpha value is 0.590. The fraction of sp³-hybridized carbons (Fsp3) is 0.957. The molecule has 2 N–H and O–H groups in total. The molecule has 0 amide bonds. The van der Waals surface area contributed by atoms with Gasteiger partial charge in [0.2, 0.25) is 0 Å². The van der Waals surface area contributed by atoms with Crippen LogP contribution in [0.25, 0.3) is 0 Å². The average Bonchev–Trinajstić information content (AvgIpc) is 2.64. The summed E-state index contributed by atoms with van der Waals surface area (Å²) < 4.78 is 11.6. The molecule has 0 aromatic heterocycles. The highest BCUT2D eigenvalue weighted by molar-refractivity contribution is 8.11. The van der Waals surface area contributed by atoms with Gasteiger partial charge >= 0.3 is 7.60 Å². The summed E-state index contributed by atoms with van der Waals surface area (Å²) in [4.78, 5) is 17.6. The van der Waals surface area contributed by atoms with Crippen LogP contribution in [0.5, 0.6) is 0 Å². The third-order valence-electron chi connectivity index (χ3n) is 5.59. The van der Waals surface area contributed by atoms with Crippen molar-refractivity contribution < 1.29 is 14.4 Å². The van der Waals surface area contributed by atoms with Crippen LogP contribution in [0.3, 0.4) is 0 Å². The zero-order chi connectivity index (χ0) is 21.6. The molecule has 0 aromatic carbocycles. The van der Waals surface area contributed by atoms with E-state index in [1.165, 1.54) is 109 Å². The van der Waals surface area contributed by atoms with Crippen LogP contribution in [-0.4, -0.2) is 20.1 Å². The maximum atomic E-state index is 10.7. The molecule has 0 aliphatic carbocycles. The first-order valence-electron chi connectivity index (χ1n) is 12.2. The molecule has 0 unspecified atom stereocenters. The number of thiol groups is 1. The topological polar surface area (TPSA) is 57.5 Å². The van der Waals surface area contributed by atoms with Gasteiger partial charge in [-0.05, 0) is 19.3 Å². The van der Waals surface area contributed by atoms with Crippen LogP contribution in [-0.2, 0) is 4.57 Å². The van der Waals surface area contributed by atoms with E-state index in [-0.39, 0.29) is 6.16 Å². The van der Waals surface area contributed by atoms with Crippen molar-refractivity contribution in [3.8, 4) is 0 Å². The molecule has 0 saturated heterocycles. The van der Waals surface area contributed by atoms with Gasteiger partial charge in [0.15, 0.2) is 0 Å². The van der Waals surface area contributed by atoms with Gasteiger partial charge in [-0.15, -0.1) is 12.6 Å². The number of thiocarbonyl (C=S) groups is 1. The van der Waals surface area contributed by atoms with E-state index in [1.807, 2.05) is 0 Å². The van der Waals surface area contributed by atoms with Gasteiger partial charge in [-0.3, -0.25) is 4.57 Å². The Labute approximate surface area is 191 Å². The fourth-order valence-corrected chi connectivity index (χ4v) is 4.71. The second-order valence-corrected chi connectivity index (χ2v) is 11.7. The molecule has 0 atom stereocenters. The first kappa shape index (κ1) is 29.6. The lowest BCUT2D eigenvalue weighted by Gasteiger charge is -2.05. The number of rotatable bonds is 23. The summed E-state index contributed by atoms with van der Waals surface area (Å²) in [5.74, 6) is 0. The van der Waals surface area contributed by atoms with Gasteiger partial charge in [-0.1, -0.05) is 128 Å². The molecule has 3 nitrogen and oxygen atoms in total. The zero-order valence-electron chi connectivity index (χ0n) is 18.7. The van der Waals surface area contributed by atoms with E-state index < -0.39 is 7.60 Å². The maximum absolute atomic E-state index is 10.7. The van der Waals surface area contributed by atoms with Gasteiger partial charge in [0, 0.05) is 10.4 Å². The third-order valence-corrected chi connectivity index (χ3v) is 6.92. The molecule has 0 aliphatic rings. The van der Waals surface area contributed by atoms with Gasteiger partial charge in [0.1, 0.15) is 0 Å². The molecule has 0 rings (SSSR count). The Balaban J connectivity index is 3.05. The van der Waals surface area contributed by atoms with E-state index in [2.05, 4.69) is 12.6 Å². The van der Waals surface area contributed by atoms with Gasteiger partial charge in [-0.2, -0.15) is 0 Å². The largest absolute Gasteiger partial charge is 0.325 e. The van der Waals surface area contributed by atoms with E-state index in [9.17, 15) is 4.57 Å². The lowest BCUT2D eigenvalue weighted by atomic mass is 10.0. The molecule has 0 aliphatic heterocycles. The Bertz CT molecular complexity index is 413. The van der Waals surface area contributed by atoms with Gasteiger partial charge in [-0.25, -0.2) is 0 Å². The minimum Gasteiger partial charge on any atom is -0.324 e. The molecule has 0 fully saturated rings. The van der Waals surface area contributed by atoms with Crippen molar-refractivity contribution in [3.63, 3.8) is 0 Å². The quantitative estimate of drug-likeness (QED) is 0.0610. The van der Waals surface area contributed by atoms with E-state index in [1.54, 1.807) is 0 Å². The van der Waals surface area contributed by atoms with Crippen LogP contribution < -0.4 is 0 Å². The first-order chi connectivity index (χ1) is 13.9. The van der Waals surface area contributed by atoms with Gasteiger partial charge in [0.25, 0.3) is 0 Å². The molecule has 0 radical (unpaired) electrons.